The molecule has 2 fully saturated rings. The summed E-state index contributed by atoms with van der Waals surface area (Å²) in [4.78, 5) is 34.0. The smallest absolute Gasteiger partial charge is 0.404 e. The van der Waals surface area contributed by atoms with E-state index < -0.39 is 44.4 Å². The predicted molar refractivity (Wildman–Crippen MR) is 118 cm³/mol. The number of Topliss-reactive ketones (excluding diaryl/α,β-unsaturated/α-hetero) is 1. The highest BCUT2D eigenvalue weighted by molar-refractivity contribution is 7.46. The summed E-state index contributed by atoms with van der Waals surface area (Å²) in [6.07, 6.45) is 6.90. The van der Waals surface area contributed by atoms with Gasteiger partial charge in [-0.25, -0.2) is 4.57 Å². The average molecular weight is 477 g/mol. The fourth-order valence-corrected chi connectivity index (χ4v) is 4.52. The second kappa shape index (κ2) is 12.2. The molecule has 1 saturated heterocycles. The first-order valence-electron chi connectivity index (χ1n) is 11.1. The highest BCUT2D eigenvalue weighted by Gasteiger charge is 2.45. The molecule has 1 heterocycles. The third-order valence-corrected chi connectivity index (χ3v) is 6.58. The van der Waals surface area contributed by atoms with E-state index in [9.17, 15) is 19.6 Å². The fraction of sp³-hybridized carbons (Fsp3) is 0.800. The minimum absolute atomic E-state index is 0.132. The molecule has 0 aromatic heterocycles. The van der Waals surface area contributed by atoms with Gasteiger partial charge in [0.25, 0.3) is 0 Å². The van der Waals surface area contributed by atoms with Crippen LogP contribution < -0.4 is 11.5 Å². The number of phosphoric acid groups is 1. The number of unbranched alkanes of at least 4 members (excludes halogenated alkanes) is 5. The standard InChI is InChI=1S/C20H36N3O8P/c21-12-9-17(22)23-20(11-8-16(20)24)10-6-4-2-1-3-5-7-14-18(25)19(26)15(31-14)13-30-32(27,28)29/h9,12,14-15,18-19,25-26H,1-8,10-11,13,21H2,(H2,22,23)(H2,27,28,29)/b12-9-. The number of carbonyl (C=O) groups excluding carboxylic acids is 1. The maximum absolute atomic E-state index is 12.1. The Hall–Kier alpha value is -1.33. The van der Waals surface area contributed by atoms with Gasteiger partial charge in [-0.15, -0.1) is 0 Å². The Morgan fingerprint density at radius 3 is 2.34 bits per heavy atom. The monoisotopic (exact) mass is 477 g/mol. The number of ether oxygens (including phenoxy) is 1. The highest BCUT2D eigenvalue weighted by atomic mass is 31.2. The lowest BCUT2D eigenvalue weighted by Crippen LogP contribution is -2.47. The zero-order valence-corrected chi connectivity index (χ0v) is 19.1. The van der Waals surface area contributed by atoms with Crippen molar-refractivity contribution in [3.05, 3.63) is 12.3 Å². The number of amidine groups is 1. The molecule has 5 atom stereocenters. The largest absolute Gasteiger partial charge is 0.469 e. The van der Waals surface area contributed by atoms with E-state index in [1.807, 2.05) is 0 Å². The number of rotatable bonds is 14. The van der Waals surface area contributed by atoms with Crippen LogP contribution in [-0.2, 0) is 18.6 Å². The van der Waals surface area contributed by atoms with Crippen molar-refractivity contribution in [1.82, 2.24) is 0 Å². The van der Waals surface area contributed by atoms with E-state index in [4.69, 9.17) is 26.0 Å². The average Bonchev–Trinajstić information content (AvgIpc) is 2.99. The minimum Gasteiger partial charge on any atom is -0.404 e. The Morgan fingerprint density at radius 2 is 1.78 bits per heavy atom. The lowest BCUT2D eigenvalue weighted by atomic mass is 9.72. The molecule has 5 unspecified atom stereocenters. The summed E-state index contributed by atoms with van der Waals surface area (Å²) in [6, 6.07) is 0. The predicted octanol–water partition coefficient (Wildman–Crippen LogP) is 0.637. The number of ketones is 1. The summed E-state index contributed by atoms with van der Waals surface area (Å²) in [6.45, 7) is -0.485. The van der Waals surface area contributed by atoms with Crippen molar-refractivity contribution >= 4 is 19.4 Å². The number of aliphatic hydroxyl groups is 2. The third-order valence-electron chi connectivity index (χ3n) is 6.09. The normalized spacial score (nSPS) is 31.4. The molecule has 8 N–H and O–H groups in total. The van der Waals surface area contributed by atoms with E-state index >= 15 is 0 Å². The van der Waals surface area contributed by atoms with E-state index in [0.29, 0.717) is 19.3 Å². The summed E-state index contributed by atoms with van der Waals surface area (Å²) in [5.74, 6) is 0.408. The molecule has 184 valence electrons. The molecule has 2 aliphatic rings. The van der Waals surface area contributed by atoms with Crippen molar-refractivity contribution in [2.45, 2.75) is 94.2 Å². The molecule has 32 heavy (non-hydrogen) atoms. The van der Waals surface area contributed by atoms with Gasteiger partial charge in [-0.05, 0) is 31.5 Å². The van der Waals surface area contributed by atoms with Crippen LogP contribution in [0, 0.1) is 0 Å². The van der Waals surface area contributed by atoms with Gasteiger partial charge in [0, 0.05) is 6.42 Å². The number of aliphatic imine (C=N–C) groups is 1. The van der Waals surface area contributed by atoms with E-state index in [2.05, 4.69) is 9.52 Å². The van der Waals surface area contributed by atoms with E-state index in [-0.39, 0.29) is 11.6 Å². The van der Waals surface area contributed by atoms with Crippen LogP contribution in [0.2, 0.25) is 0 Å². The maximum atomic E-state index is 12.1. The van der Waals surface area contributed by atoms with E-state index in [1.165, 1.54) is 12.3 Å². The first-order valence-corrected chi connectivity index (χ1v) is 12.6. The zero-order chi connectivity index (χ0) is 23.8. The number of hydrogen-bond donors (Lipinski definition) is 6. The summed E-state index contributed by atoms with van der Waals surface area (Å²) in [5.41, 5.74) is 10.4. The van der Waals surface area contributed by atoms with Gasteiger partial charge in [0.1, 0.15) is 29.7 Å². The molecule has 1 saturated carbocycles. The molecule has 0 radical (unpaired) electrons. The summed E-state index contributed by atoms with van der Waals surface area (Å²) in [5, 5.41) is 20.0. The number of nitrogens with zero attached hydrogens (tertiary/aromatic N) is 1. The summed E-state index contributed by atoms with van der Waals surface area (Å²) >= 11 is 0. The number of hydrogen-bond acceptors (Lipinski definition) is 8. The second-order valence-corrected chi connectivity index (χ2v) is 9.73. The lowest BCUT2D eigenvalue weighted by molar-refractivity contribution is -0.131. The van der Waals surface area contributed by atoms with Gasteiger partial charge in [-0.2, -0.15) is 0 Å². The van der Waals surface area contributed by atoms with Crippen molar-refractivity contribution in [2.75, 3.05) is 6.61 Å². The Kier molecular flexibility index (Phi) is 10.3. The Balaban J connectivity index is 1.60. The molecule has 0 bridgehead atoms. The molecule has 2 rings (SSSR count). The van der Waals surface area contributed by atoms with E-state index in [1.54, 1.807) is 0 Å². The highest BCUT2D eigenvalue weighted by Crippen LogP contribution is 2.38. The van der Waals surface area contributed by atoms with Crippen LogP contribution in [0.3, 0.4) is 0 Å². The Bertz CT molecular complexity index is 728. The fourth-order valence-electron chi connectivity index (χ4n) is 4.18. The van der Waals surface area contributed by atoms with Crippen molar-refractivity contribution in [1.29, 1.82) is 0 Å². The molecule has 11 nitrogen and oxygen atoms in total. The SMILES string of the molecule is N/C=C\C(N)=NC1(CCCCCCCCC2OC(COP(=O)(O)O)C(O)C2O)CCC1=O. The molecular formula is C20H36N3O8P. The van der Waals surface area contributed by atoms with Crippen molar-refractivity contribution in [3.8, 4) is 0 Å². The van der Waals surface area contributed by atoms with Gasteiger partial charge >= 0.3 is 7.82 Å². The van der Waals surface area contributed by atoms with Crippen molar-refractivity contribution < 1.29 is 38.6 Å². The number of nitrogens with two attached hydrogens (primary N) is 2. The van der Waals surface area contributed by atoms with Crippen LogP contribution in [-0.4, -0.2) is 68.2 Å². The van der Waals surface area contributed by atoms with Gasteiger partial charge in [0.15, 0.2) is 5.78 Å². The van der Waals surface area contributed by atoms with Crippen molar-refractivity contribution in [3.63, 3.8) is 0 Å². The van der Waals surface area contributed by atoms with Gasteiger partial charge in [-0.3, -0.25) is 14.3 Å². The lowest BCUT2D eigenvalue weighted by Gasteiger charge is -2.36. The van der Waals surface area contributed by atoms with Crippen LogP contribution in [0.25, 0.3) is 0 Å². The first-order chi connectivity index (χ1) is 15.1. The van der Waals surface area contributed by atoms with Gasteiger partial charge in [0.2, 0.25) is 0 Å². The molecule has 0 aromatic rings. The zero-order valence-electron chi connectivity index (χ0n) is 18.2. The molecular weight excluding hydrogens is 441 g/mol. The first kappa shape index (κ1) is 26.9. The molecule has 12 heteroatoms. The maximum Gasteiger partial charge on any atom is 0.469 e. The van der Waals surface area contributed by atoms with Crippen LogP contribution in [0.15, 0.2) is 17.3 Å². The molecule has 1 aliphatic heterocycles. The third kappa shape index (κ3) is 7.91. The topological polar surface area (TPSA) is 198 Å². The van der Waals surface area contributed by atoms with Crippen molar-refractivity contribution in [2.24, 2.45) is 16.5 Å². The van der Waals surface area contributed by atoms with Crippen LogP contribution in [0.4, 0.5) is 0 Å². The summed E-state index contributed by atoms with van der Waals surface area (Å²) < 4.78 is 20.6. The van der Waals surface area contributed by atoms with Crippen LogP contribution >= 0.6 is 7.82 Å². The van der Waals surface area contributed by atoms with E-state index in [0.717, 1.165) is 44.9 Å². The summed E-state index contributed by atoms with van der Waals surface area (Å²) in [7, 11) is -4.66. The Labute approximate surface area is 188 Å². The molecule has 0 amide bonds. The second-order valence-electron chi connectivity index (χ2n) is 8.49. The van der Waals surface area contributed by atoms with Crippen LogP contribution in [0.5, 0.6) is 0 Å². The molecule has 1 aliphatic carbocycles. The van der Waals surface area contributed by atoms with Gasteiger partial charge in [0.05, 0.1) is 12.7 Å². The molecule has 0 spiro atoms. The Morgan fingerprint density at radius 1 is 1.16 bits per heavy atom. The number of carbonyl (C=O) groups is 1. The quantitative estimate of drug-likeness (QED) is 0.0893. The number of phosphoric ester groups is 1. The minimum atomic E-state index is -4.66. The van der Waals surface area contributed by atoms with Gasteiger partial charge < -0.3 is 36.2 Å². The number of aliphatic hydroxyl groups excluding tert-OH is 2. The van der Waals surface area contributed by atoms with Gasteiger partial charge in [-0.1, -0.05) is 38.5 Å². The van der Waals surface area contributed by atoms with Crippen LogP contribution in [0.1, 0.15) is 64.2 Å². The molecule has 0 aromatic carbocycles.